The molecule has 0 aromatic heterocycles. The highest BCUT2D eigenvalue weighted by atomic mass is 16.5. The molecule has 2 atom stereocenters. The average Bonchev–Trinajstić information content (AvgIpc) is 2.78. The molecule has 31 heavy (non-hydrogen) atoms. The highest BCUT2D eigenvalue weighted by Crippen LogP contribution is 2.38. The first kappa shape index (κ1) is 21.2. The first-order valence-electron chi connectivity index (χ1n) is 10.7. The van der Waals surface area contributed by atoms with Crippen molar-refractivity contribution in [2.24, 2.45) is 17.4 Å². The van der Waals surface area contributed by atoms with Gasteiger partial charge in [0, 0.05) is 17.6 Å². The molecule has 160 valence electrons. The first-order chi connectivity index (χ1) is 14.9. The second kappa shape index (κ2) is 8.58. The zero-order chi connectivity index (χ0) is 22.1. The molecule has 0 saturated carbocycles. The summed E-state index contributed by atoms with van der Waals surface area (Å²) in [6.07, 6.45) is 0.618. The normalized spacial score (nSPS) is 13.6. The van der Waals surface area contributed by atoms with E-state index < -0.39 is 0 Å². The molecule has 4 rings (SSSR count). The van der Waals surface area contributed by atoms with Crippen molar-refractivity contribution in [1.82, 2.24) is 0 Å². The molecular formula is C27H30N2O2. The van der Waals surface area contributed by atoms with Crippen LogP contribution < -0.4 is 16.2 Å². The summed E-state index contributed by atoms with van der Waals surface area (Å²) in [5.74, 6) is 1.30. The van der Waals surface area contributed by atoms with Gasteiger partial charge in [-0.1, -0.05) is 56.3 Å². The maximum Gasteiger partial charge on any atom is 0.121 e. The lowest BCUT2D eigenvalue weighted by atomic mass is 9.87. The Labute approximate surface area is 183 Å². The van der Waals surface area contributed by atoms with E-state index in [-0.39, 0.29) is 23.8 Å². The number of rotatable bonds is 6. The fraction of sp³-hybridized carbons (Fsp3) is 0.259. The molecule has 0 heterocycles. The molecule has 4 aromatic carbocycles. The van der Waals surface area contributed by atoms with E-state index >= 15 is 0 Å². The van der Waals surface area contributed by atoms with E-state index in [0.717, 1.165) is 44.0 Å². The molecule has 0 amide bonds. The molecule has 5 N–H and O–H groups in total. The molecule has 0 fully saturated rings. The average molecular weight is 415 g/mol. The third-order valence-corrected chi connectivity index (χ3v) is 6.14. The zero-order valence-electron chi connectivity index (χ0n) is 18.3. The molecule has 4 heteroatoms. The molecule has 0 aliphatic rings. The summed E-state index contributed by atoms with van der Waals surface area (Å²) in [6, 6.07) is 21.8. The van der Waals surface area contributed by atoms with Crippen molar-refractivity contribution in [3.8, 4) is 11.5 Å². The van der Waals surface area contributed by atoms with Crippen LogP contribution in [0, 0.1) is 5.92 Å². The zero-order valence-corrected chi connectivity index (χ0v) is 18.3. The van der Waals surface area contributed by atoms with Gasteiger partial charge in [-0.2, -0.15) is 0 Å². The Hall–Kier alpha value is -3.08. The maximum atomic E-state index is 10.9. The number of hydrogen-bond donors (Lipinski definition) is 3. The number of phenolic OH excluding ortho intramolecular Hbond substituents is 1. The Bertz CT molecular complexity index is 1230. The van der Waals surface area contributed by atoms with Crippen molar-refractivity contribution in [1.29, 1.82) is 0 Å². The van der Waals surface area contributed by atoms with Gasteiger partial charge in [0.2, 0.25) is 0 Å². The fourth-order valence-corrected chi connectivity index (χ4v) is 4.26. The number of benzene rings is 4. The predicted octanol–water partition coefficient (Wildman–Crippen LogP) is 5.61. The lowest BCUT2D eigenvalue weighted by Crippen LogP contribution is -2.18. The van der Waals surface area contributed by atoms with Crippen LogP contribution in [0.25, 0.3) is 21.5 Å². The van der Waals surface area contributed by atoms with Gasteiger partial charge in [0.05, 0.1) is 7.11 Å². The van der Waals surface area contributed by atoms with Crippen molar-refractivity contribution in [2.45, 2.75) is 32.4 Å². The maximum absolute atomic E-state index is 10.9. The summed E-state index contributed by atoms with van der Waals surface area (Å²) in [7, 11) is 1.67. The summed E-state index contributed by atoms with van der Waals surface area (Å²) < 4.78 is 5.31. The molecule has 0 radical (unpaired) electrons. The summed E-state index contributed by atoms with van der Waals surface area (Å²) in [5.41, 5.74) is 15.9. The van der Waals surface area contributed by atoms with Crippen molar-refractivity contribution in [3.05, 3.63) is 83.4 Å². The van der Waals surface area contributed by atoms with Gasteiger partial charge >= 0.3 is 0 Å². The number of methoxy groups -OCH3 is 1. The number of nitrogens with two attached hydrogens (primary N) is 2. The van der Waals surface area contributed by atoms with Crippen LogP contribution >= 0.6 is 0 Å². The van der Waals surface area contributed by atoms with Gasteiger partial charge in [-0.25, -0.2) is 0 Å². The SMILES string of the molecule is COc1ccc2cc(C(N)Cc3cc(O)c(C(N)C(C)C)c4ccccc34)ccc2c1. The summed E-state index contributed by atoms with van der Waals surface area (Å²) in [6.45, 7) is 4.13. The molecule has 0 spiro atoms. The monoisotopic (exact) mass is 414 g/mol. The minimum Gasteiger partial charge on any atom is -0.508 e. The second-order valence-electron chi connectivity index (χ2n) is 8.57. The first-order valence-corrected chi connectivity index (χ1v) is 10.7. The fourth-order valence-electron chi connectivity index (χ4n) is 4.26. The minimum absolute atomic E-state index is 0.195. The van der Waals surface area contributed by atoms with Gasteiger partial charge in [0.15, 0.2) is 0 Å². The standard InChI is InChI=1S/C27H30N2O2/c1-16(2)27(29)26-23-7-5-4-6-22(23)20(15-25(26)30)14-24(28)19-9-8-18-13-21(31-3)11-10-17(18)12-19/h4-13,15-16,24,27,30H,14,28-29H2,1-3H3. The molecule has 0 saturated heterocycles. The Balaban J connectivity index is 1.71. The lowest BCUT2D eigenvalue weighted by molar-refractivity contribution is 0.415. The molecule has 0 bridgehead atoms. The lowest BCUT2D eigenvalue weighted by Gasteiger charge is -2.22. The third kappa shape index (κ3) is 4.09. The Morgan fingerprint density at radius 3 is 2.26 bits per heavy atom. The summed E-state index contributed by atoms with van der Waals surface area (Å²) >= 11 is 0. The number of fused-ring (bicyclic) bond motifs is 2. The van der Waals surface area contributed by atoms with Crippen LogP contribution in [0.2, 0.25) is 0 Å². The molecule has 2 unspecified atom stereocenters. The van der Waals surface area contributed by atoms with Gasteiger partial charge in [0.1, 0.15) is 11.5 Å². The van der Waals surface area contributed by atoms with E-state index in [1.165, 1.54) is 0 Å². The number of ether oxygens (including phenoxy) is 1. The van der Waals surface area contributed by atoms with Gasteiger partial charge in [-0.05, 0) is 69.3 Å². The van der Waals surface area contributed by atoms with Gasteiger partial charge in [0.25, 0.3) is 0 Å². The smallest absolute Gasteiger partial charge is 0.121 e. The second-order valence-corrected chi connectivity index (χ2v) is 8.57. The summed E-state index contributed by atoms with van der Waals surface area (Å²) in [5, 5.41) is 15.2. The Morgan fingerprint density at radius 2 is 1.55 bits per heavy atom. The molecule has 0 aliphatic carbocycles. The molecular weight excluding hydrogens is 384 g/mol. The number of aromatic hydroxyl groups is 1. The van der Waals surface area contributed by atoms with Crippen molar-refractivity contribution in [3.63, 3.8) is 0 Å². The van der Waals surface area contributed by atoms with Crippen molar-refractivity contribution < 1.29 is 9.84 Å². The van der Waals surface area contributed by atoms with Gasteiger partial charge < -0.3 is 21.3 Å². The quantitative estimate of drug-likeness (QED) is 0.383. The topological polar surface area (TPSA) is 81.5 Å². The van der Waals surface area contributed by atoms with E-state index in [1.54, 1.807) is 7.11 Å². The largest absolute Gasteiger partial charge is 0.508 e. The van der Waals surface area contributed by atoms with Crippen LogP contribution in [0.3, 0.4) is 0 Å². The van der Waals surface area contributed by atoms with Crippen LogP contribution in [0.5, 0.6) is 11.5 Å². The molecule has 4 nitrogen and oxygen atoms in total. The van der Waals surface area contributed by atoms with Crippen LogP contribution in [0.1, 0.15) is 42.6 Å². The Morgan fingerprint density at radius 1 is 0.871 bits per heavy atom. The highest BCUT2D eigenvalue weighted by molar-refractivity contribution is 5.91. The van der Waals surface area contributed by atoms with Crippen LogP contribution in [0.15, 0.2) is 66.7 Å². The predicted molar refractivity (Wildman–Crippen MR) is 129 cm³/mol. The van der Waals surface area contributed by atoms with E-state index in [0.29, 0.717) is 6.42 Å². The molecule has 0 aliphatic heterocycles. The van der Waals surface area contributed by atoms with Crippen molar-refractivity contribution >= 4 is 21.5 Å². The highest BCUT2D eigenvalue weighted by Gasteiger charge is 2.21. The van der Waals surface area contributed by atoms with E-state index in [4.69, 9.17) is 16.2 Å². The number of phenols is 1. The minimum atomic E-state index is -0.231. The van der Waals surface area contributed by atoms with Crippen LogP contribution in [0.4, 0.5) is 0 Å². The van der Waals surface area contributed by atoms with Gasteiger partial charge in [-0.15, -0.1) is 0 Å². The summed E-state index contributed by atoms with van der Waals surface area (Å²) in [4.78, 5) is 0. The number of hydrogen-bond acceptors (Lipinski definition) is 4. The van der Waals surface area contributed by atoms with Gasteiger partial charge in [-0.3, -0.25) is 0 Å². The Kier molecular flexibility index (Phi) is 5.86. The third-order valence-electron chi connectivity index (χ3n) is 6.14. The van der Waals surface area contributed by atoms with Crippen LogP contribution in [-0.4, -0.2) is 12.2 Å². The molecule has 4 aromatic rings. The van der Waals surface area contributed by atoms with E-state index in [9.17, 15) is 5.11 Å². The van der Waals surface area contributed by atoms with Crippen molar-refractivity contribution in [2.75, 3.05) is 7.11 Å². The van der Waals surface area contributed by atoms with E-state index in [2.05, 4.69) is 38.1 Å². The van der Waals surface area contributed by atoms with E-state index in [1.807, 2.05) is 42.5 Å². The van der Waals surface area contributed by atoms with Crippen LogP contribution in [-0.2, 0) is 6.42 Å².